The van der Waals surface area contributed by atoms with E-state index in [1.54, 1.807) is 0 Å². The van der Waals surface area contributed by atoms with Crippen LogP contribution in [-0.2, 0) is 0 Å². The van der Waals surface area contributed by atoms with Crippen molar-refractivity contribution in [2.24, 2.45) is 0 Å². The first kappa shape index (κ1) is 44.3. The minimum absolute atomic E-state index is 0.181. The second-order valence-corrected chi connectivity index (χ2v) is 21.1. The molecule has 0 unspecified atom stereocenters. The average molecular weight is 1000 g/mol. The lowest BCUT2D eigenvalue weighted by molar-refractivity contribution is 0.488. The lowest BCUT2D eigenvalue weighted by Crippen LogP contribution is -2.59. The van der Waals surface area contributed by atoms with E-state index in [1.165, 1.54) is 22.4 Å². The molecule has 0 bridgehead atoms. The number of para-hydroxylation sites is 4. The van der Waals surface area contributed by atoms with Gasteiger partial charge in [0.2, 0.25) is 0 Å². The van der Waals surface area contributed by atoms with Crippen LogP contribution in [0.4, 0.5) is 51.2 Å². The van der Waals surface area contributed by atoms with Crippen molar-refractivity contribution in [2.75, 3.05) is 14.7 Å². The second-order valence-electron chi connectivity index (χ2n) is 21.1. The Morgan fingerprint density at radius 1 is 0.346 bits per heavy atom. The largest absolute Gasteiger partial charge is 0.458 e. The number of ether oxygens (including phenoxy) is 1. The number of rotatable bonds is 7. The number of fused-ring (bicyclic) bond motifs is 12. The summed E-state index contributed by atoms with van der Waals surface area (Å²) in [6.45, 7) is 6.46. The van der Waals surface area contributed by atoms with Crippen LogP contribution in [-0.4, -0.2) is 6.71 Å². The molecule has 0 fully saturated rings. The molecule has 78 heavy (non-hydrogen) atoms. The first-order valence-corrected chi connectivity index (χ1v) is 26.7. The predicted octanol–water partition coefficient (Wildman–Crippen LogP) is 18.1. The van der Waals surface area contributed by atoms with Crippen molar-refractivity contribution >= 4 is 140 Å². The predicted molar refractivity (Wildman–Crippen MR) is 325 cm³/mol. The molecule has 16 rings (SSSR count). The van der Waals surface area contributed by atoms with Gasteiger partial charge in [0, 0.05) is 67.0 Å². The van der Waals surface area contributed by atoms with Crippen LogP contribution in [0, 0.1) is 20.8 Å². The lowest BCUT2D eigenvalue weighted by Gasteiger charge is -2.41. The van der Waals surface area contributed by atoms with Crippen molar-refractivity contribution in [1.82, 2.24) is 0 Å². The fourth-order valence-corrected chi connectivity index (χ4v) is 12.9. The number of nitrogens with zero attached hydrogens (tertiary/aromatic N) is 3. The van der Waals surface area contributed by atoms with Crippen molar-refractivity contribution in [1.29, 1.82) is 0 Å². The molecule has 2 aromatic heterocycles. The van der Waals surface area contributed by atoms with Crippen LogP contribution in [0.1, 0.15) is 16.7 Å². The van der Waals surface area contributed by atoms with Crippen LogP contribution in [0.5, 0.6) is 11.5 Å². The van der Waals surface area contributed by atoms with Crippen LogP contribution in [0.25, 0.3) is 65.4 Å². The van der Waals surface area contributed by atoms with Gasteiger partial charge in [-0.3, -0.25) is 0 Å². The highest BCUT2D eigenvalue weighted by Crippen LogP contribution is 2.47. The van der Waals surface area contributed by atoms with Crippen molar-refractivity contribution in [2.45, 2.75) is 20.8 Å². The summed E-state index contributed by atoms with van der Waals surface area (Å²) in [7, 11) is 0. The highest BCUT2D eigenvalue weighted by Gasteiger charge is 2.43. The van der Waals surface area contributed by atoms with Gasteiger partial charge in [0.15, 0.2) is 0 Å². The SMILES string of the molecule is Cc1cc(C)c(N2c3cc4c(cc3B3c5cc6oc7cc8cc(N(c9ccccc9)c9ccccc9)ccc8cc7c6cc5Oc5cccc2c53)oc2cc3cc(N(c5ccccc5)c5ccccc5)ccc3cc24)c(C)c1. The van der Waals surface area contributed by atoms with Gasteiger partial charge < -0.3 is 28.3 Å². The zero-order chi connectivity index (χ0) is 51.8. The average Bonchev–Trinajstić information content (AvgIpc) is 3.82. The summed E-state index contributed by atoms with van der Waals surface area (Å²) in [6.07, 6.45) is 0. The third-order valence-electron chi connectivity index (χ3n) is 16.2. The van der Waals surface area contributed by atoms with Gasteiger partial charge in [0.25, 0.3) is 6.71 Å². The zero-order valence-corrected chi connectivity index (χ0v) is 43.2. The Balaban J connectivity index is 0.870. The van der Waals surface area contributed by atoms with Crippen LogP contribution >= 0.6 is 0 Å². The molecule has 0 radical (unpaired) electrons. The Labute approximate surface area is 451 Å². The standard InChI is InChI=1S/C71H48BN3O3/c1-43-31-44(2)71(45(3)32-43)75-62-25-16-26-64-70(62)72(60-41-67-58(39-63(60)75)56-35-46-27-29-54(33-48(46)37-65(56)77-67)73(50-17-8-4-9-18-50)51-19-10-5-11-20-51)61-42-68-59(40-69(61)76-64)57-36-47-28-30-55(34-49(47)38-66(57)78-68)74(52-21-12-6-13-22-52)53-23-14-7-15-24-53/h4-42H,1-3H3. The van der Waals surface area contributed by atoms with E-state index in [1.807, 2.05) is 0 Å². The molecule has 0 spiro atoms. The summed E-state index contributed by atoms with van der Waals surface area (Å²) in [5.74, 6) is 1.67. The first-order valence-electron chi connectivity index (χ1n) is 26.7. The van der Waals surface area contributed by atoms with Gasteiger partial charge in [0.05, 0.1) is 5.69 Å². The molecule has 4 heterocycles. The number of hydrogen-bond acceptors (Lipinski definition) is 6. The molecule has 368 valence electrons. The number of benzene rings is 12. The van der Waals surface area contributed by atoms with E-state index in [4.69, 9.17) is 13.6 Å². The van der Waals surface area contributed by atoms with Gasteiger partial charge in [-0.15, -0.1) is 0 Å². The van der Waals surface area contributed by atoms with Crippen molar-refractivity contribution in [3.63, 3.8) is 0 Å². The second kappa shape index (κ2) is 17.0. The molecule has 0 saturated heterocycles. The van der Waals surface area contributed by atoms with Gasteiger partial charge in [-0.05, 0) is 203 Å². The Kier molecular flexibility index (Phi) is 9.67. The smallest absolute Gasteiger partial charge is 0.256 e. The Morgan fingerprint density at radius 2 is 0.808 bits per heavy atom. The summed E-state index contributed by atoms with van der Waals surface area (Å²) in [5, 5.41) is 8.71. The summed E-state index contributed by atoms with van der Waals surface area (Å²) in [5.41, 5.74) is 20.3. The summed E-state index contributed by atoms with van der Waals surface area (Å²) >= 11 is 0. The van der Waals surface area contributed by atoms with Crippen LogP contribution in [0.2, 0.25) is 0 Å². The Bertz CT molecular complexity index is 4660. The van der Waals surface area contributed by atoms with Crippen molar-refractivity contribution < 1.29 is 13.6 Å². The van der Waals surface area contributed by atoms with E-state index in [0.29, 0.717) is 0 Å². The maximum absolute atomic E-state index is 7.10. The van der Waals surface area contributed by atoms with E-state index in [0.717, 1.165) is 139 Å². The minimum atomic E-state index is -0.181. The first-order chi connectivity index (χ1) is 38.4. The highest BCUT2D eigenvalue weighted by atomic mass is 16.5. The molecule has 2 aliphatic rings. The molecule has 0 aliphatic carbocycles. The fraction of sp³-hybridized carbons (Fsp3) is 0.0423. The van der Waals surface area contributed by atoms with Gasteiger partial charge in [-0.25, -0.2) is 0 Å². The zero-order valence-electron chi connectivity index (χ0n) is 43.2. The summed E-state index contributed by atoms with van der Waals surface area (Å²) < 4.78 is 21.1. The molecule has 0 saturated carbocycles. The van der Waals surface area contributed by atoms with E-state index in [-0.39, 0.29) is 6.71 Å². The fourth-order valence-electron chi connectivity index (χ4n) is 12.9. The van der Waals surface area contributed by atoms with Gasteiger partial charge in [0.1, 0.15) is 33.8 Å². The van der Waals surface area contributed by atoms with Gasteiger partial charge >= 0.3 is 0 Å². The summed E-state index contributed by atoms with van der Waals surface area (Å²) in [4.78, 5) is 7.08. The number of anilines is 9. The minimum Gasteiger partial charge on any atom is -0.458 e. The maximum atomic E-state index is 7.10. The monoisotopic (exact) mass is 1000 g/mol. The molecule has 14 aromatic rings. The number of furan rings is 2. The van der Waals surface area contributed by atoms with E-state index >= 15 is 0 Å². The molecule has 12 aromatic carbocycles. The van der Waals surface area contributed by atoms with E-state index in [9.17, 15) is 0 Å². The van der Waals surface area contributed by atoms with E-state index < -0.39 is 0 Å². The van der Waals surface area contributed by atoms with E-state index in [2.05, 4.69) is 272 Å². The maximum Gasteiger partial charge on any atom is 0.256 e. The number of hydrogen-bond donors (Lipinski definition) is 0. The van der Waals surface area contributed by atoms with Crippen molar-refractivity contribution in [3.8, 4) is 11.5 Å². The van der Waals surface area contributed by atoms with Gasteiger partial charge in [-0.2, -0.15) is 0 Å². The molecule has 6 nitrogen and oxygen atoms in total. The molecular weight excluding hydrogens is 954 g/mol. The third kappa shape index (κ3) is 6.84. The van der Waals surface area contributed by atoms with Crippen molar-refractivity contribution in [3.05, 3.63) is 253 Å². The number of aryl methyl sites for hydroxylation is 3. The quantitative estimate of drug-likeness (QED) is 0.148. The summed E-state index contributed by atoms with van der Waals surface area (Å²) in [6, 6.07) is 84.9. The third-order valence-corrected chi connectivity index (χ3v) is 16.2. The molecule has 0 N–H and O–H groups in total. The topological polar surface area (TPSA) is 45.2 Å². The van der Waals surface area contributed by atoms with Gasteiger partial charge in [-0.1, -0.05) is 109 Å². The molecule has 0 amide bonds. The van der Waals surface area contributed by atoms with Crippen LogP contribution in [0.3, 0.4) is 0 Å². The molecule has 2 aliphatic heterocycles. The van der Waals surface area contributed by atoms with Crippen LogP contribution < -0.4 is 35.8 Å². The Hall–Kier alpha value is -9.98. The Morgan fingerprint density at radius 3 is 1.32 bits per heavy atom. The van der Waals surface area contributed by atoms with Crippen LogP contribution in [0.15, 0.2) is 245 Å². The molecule has 0 atom stereocenters. The normalized spacial score (nSPS) is 12.6. The highest BCUT2D eigenvalue weighted by molar-refractivity contribution is 6.99. The molecule has 7 heteroatoms. The molecular formula is C71H48BN3O3. The lowest BCUT2D eigenvalue weighted by atomic mass is 9.34.